The van der Waals surface area contributed by atoms with Gasteiger partial charge in [0.2, 0.25) is 0 Å². The van der Waals surface area contributed by atoms with Crippen molar-refractivity contribution in [3.8, 4) is 0 Å². The lowest BCUT2D eigenvalue weighted by Crippen LogP contribution is -2.49. The van der Waals surface area contributed by atoms with E-state index < -0.39 is 0 Å². The van der Waals surface area contributed by atoms with Crippen LogP contribution in [0.5, 0.6) is 0 Å². The second-order valence-corrected chi connectivity index (χ2v) is 4.16. The van der Waals surface area contributed by atoms with E-state index in [0.717, 1.165) is 0 Å². The minimum Gasteiger partial charge on any atom is -0.298 e. The van der Waals surface area contributed by atoms with Crippen LogP contribution in [-0.2, 0) is 0 Å². The number of fused-ring (bicyclic) bond motifs is 1. The van der Waals surface area contributed by atoms with E-state index in [1.165, 1.54) is 45.2 Å². The Morgan fingerprint density at radius 2 is 2.00 bits per heavy atom. The molecule has 0 radical (unpaired) electrons. The Morgan fingerprint density at radius 1 is 1.23 bits per heavy atom. The van der Waals surface area contributed by atoms with Crippen LogP contribution in [-0.4, -0.2) is 30.1 Å². The molecule has 2 saturated heterocycles. The van der Waals surface area contributed by atoms with E-state index in [2.05, 4.69) is 14.9 Å². The molecule has 2 aliphatic heterocycles. The SMILES string of the molecule is [N-]=[N+]=NCC12CCCCN1CCC2. The van der Waals surface area contributed by atoms with E-state index in [9.17, 15) is 0 Å². The van der Waals surface area contributed by atoms with Crippen LogP contribution in [0.1, 0.15) is 32.1 Å². The largest absolute Gasteiger partial charge is 0.298 e. The van der Waals surface area contributed by atoms with Crippen LogP contribution in [0.3, 0.4) is 0 Å². The lowest BCUT2D eigenvalue weighted by atomic mass is 9.86. The second kappa shape index (κ2) is 3.56. The molecular formula is C9H16N4. The lowest BCUT2D eigenvalue weighted by Gasteiger charge is -2.41. The topological polar surface area (TPSA) is 52.0 Å². The Kier molecular flexibility index (Phi) is 2.42. The van der Waals surface area contributed by atoms with Crippen molar-refractivity contribution in [2.45, 2.75) is 37.6 Å². The van der Waals surface area contributed by atoms with Crippen LogP contribution in [0.15, 0.2) is 5.11 Å². The summed E-state index contributed by atoms with van der Waals surface area (Å²) < 4.78 is 0. The third kappa shape index (κ3) is 1.52. The van der Waals surface area contributed by atoms with Crippen molar-refractivity contribution in [2.75, 3.05) is 19.6 Å². The first-order valence-electron chi connectivity index (χ1n) is 5.13. The summed E-state index contributed by atoms with van der Waals surface area (Å²) in [4.78, 5) is 5.42. The molecule has 1 atom stereocenters. The van der Waals surface area contributed by atoms with E-state index in [1.54, 1.807) is 0 Å². The average Bonchev–Trinajstić information content (AvgIpc) is 2.58. The molecule has 4 heteroatoms. The maximum Gasteiger partial charge on any atom is 0.0443 e. The summed E-state index contributed by atoms with van der Waals surface area (Å²) in [5, 5.41) is 3.77. The van der Waals surface area contributed by atoms with Gasteiger partial charge in [0.25, 0.3) is 0 Å². The molecular weight excluding hydrogens is 164 g/mol. The molecule has 72 valence electrons. The van der Waals surface area contributed by atoms with Gasteiger partial charge in [-0.1, -0.05) is 11.5 Å². The average molecular weight is 180 g/mol. The number of azide groups is 1. The summed E-state index contributed by atoms with van der Waals surface area (Å²) in [6.07, 6.45) is 6.36. The third-order valence-electron chi connectivity index (χ3n) is 3.49. The number of nitrogens with zero attached hydrogens (tertiary/aromatic N) is 4. The van der Waals surface area contributed by atoms with Crippen molar-refractivity contribution < 1.29 is 0 Å². The molecule has 0 N–H and O–H groups in total. The molecule has 0 bridgehead atoms. The molecule has 13 heavy (non-hydrogen) atoms. The van der Waals surface area contributed by atoms with Gasteiger partial charge in [0.15, 0.2) is 0 Å². The van der Waals surface area contributed by atoms with Gasteiger partial charge in [0, 0.05) is 17.0 Å². The zero-order chi connectivity index (χ0) is 9.15. The number of hydrogen-bond donors (Lipinski definition) is 0. The maximum atomic E-state index is 8.35. The fourth-order valence-electron chi connectivity index (χ4n) is 2.80. The molecule has 2 rings (SSSR count). The minimum atomic E-state index is 0.254. The molecule has 0 aliphatic carbocycles. The normalized spacial score (nSPS) is 33.8. The van der Waals surface area contributed by atoms with Crippen LogP contribution < -0.4 is 0 Å². The van der Waals surface area contributed by atoms with Gasteiger partial charge in [-0.3, -0.25) is 4.90 Å². The third-order valence-corrected chi connectivity index (χ3v) is 3.49. The molecule has 0 aromatic carbocycles. The maximum absolute atomic E-state index is 8.35. The highest BCUT2D eigenvalue weighted by Gasteiger charge is 2.41. The van der Waals surface area contributed by atoms with E-state index in [4.69, 9.17) is 5.53 Å². The Bertz CT molecular complexity index is 234. The summed E-state index contributed by atoms with van der Waals surface area (Å²) >= 11 is 0. The first-order valence-corrected chi connectivity index (χ1v) is 5.13. The van der Waals surface area contributed by atoms with Crippen LogP contribution in [0.2, 0.25) is 0 Å². The van der Waals surface area contributed by atoms with Crippen molar-refractivity contribution in [2.24, 2.45) is 5.11 Å². The first kappa shape index (κ1) is 8.85. The number of piperidine rings is 1. The van der Waals surface area contributed by atoms with Crippen molar-refractivity contribution in [1.29, 1.82) is 0 Å². The standard InChI is InChI=1S/C9H16N4/c10-12-11-8-9-4-1-2-6-13(9)7-3-5-9/h1-8H2. The van der Waals surface area contributed by atoms with Gasteiger partial charge < -0.3 is 0 Å². The summed E-state index contributed by atoms with van der Waals surface area (Å²) in [5.74, 6) is 0. The number of rotatable bonds is 2. The molecule has 2 fully saturated rings. The molecule has 2 heterocycles. The summed E-state index contributed by atoms with van der Waals surface area (Å²) in [5.41, 5.74) is 8.61. The lowest BCUT2D eigenvalue weighted by molar-refractivity contribution is 0.0978. The zero-order valence-electron chi connectivity index (χ0n) is 7.95. The Labute approximate surface area is 78.5 Å². The van der Waals surface area contributed by atoms with E-state index in [-0.39, 0.29) is 5.54 Å². The molecule has 1 unspecified atom stereocenters. The summed E-state index contributed by atoms with van der Waals surface area (Å²) in [6, 6.07) is 0. The van der Waals surface area contributed by atoms with Gasteiger partial charge in [-0.25, -0.2) is 0 Å². The van der Waals surface area contributed by atoms with E-state index in [0.29, 0.717) is 6.54 Å². The predicted molar refractivity (Wildman–Crippen MR) is 51.4 cm³/mol. The van der Waals surface area contributed by atoms with Crippen LogP contribution >= 0.6 is 0 Å². The van der Waals surface area contributed by atoms with Gasteiger partial charge in [-0.2, -0.15) is 0 Å². The molecule has 0 amide bonds. The van der Waals surface area contributed by atoms with Gasteiger partial charge in [0.1, 0.15) is 0 Å². The van der Waals surface area contributed by atoms with Crippen molar-refractivity contribution in [3.05, 3.63) is 10.4 Å². The van der Waals surface area contributed by atoms with Crippen LogP contribution in [0, 0.1) is 0 Å². The summed E-state index contributed by atoms with van der Waals surface area (Å²) in [6.45, 7) is 3.10. The molecule has 0 saturated carbocycles. The Morgan fingerprint density at radius 3 is 2.85 bits per heavy atom. The molecule has 2 aliphatic rings. The Balaban J connectivity index is 2.10. The summed E-state index contributed by atoms with van der Waals surface area (Å²) in [7, 11) is 0. The minimum absolute atomic E-state index is 0.254. The Hall–Kier alpha value is -0.730. The molecule has 0 aromatic rings. The highest BCUT2D eigenvalue weighted by molar-refractivity contribution is 4.99. The quantitative estimate of drug-likeness (QED) is 0.365. The highest BCUT2D eigenvalue weighted by Crippen LogP contribution is 2.37. The number of hydrogen-bond acceptors (Lipinski definition) is 2. The van der Waals surface area contributed by atoms with Gasteiger partial charge in [-0.15, -0.1) is 0 Å². The smallest absolute Gasteiger partial charge is 0.0443 e. The highest BCUT2D eigenvalue weighted by atomic mass is 15.3. The van der Waals surface area contributed by atoms with E-state index >= 15 is 0 Å². The van der Waals surface area contributed by atoms with Gasteiger partial charge >= 0.3 is 0 Å². The van der Waals surface area contributed by atoms with Crippen molar-refractivity contribution in [3.63, 3.8) is 0 Å². The van der Waals surface area contributed by atoms with Crippen LogP contribution in [0.25, 0.3) is 10.4 Å². The zero-order valence-corrected chi connectivity index (χ0v) is 7.95. The van der Waals surface area contributed by atoms with Crippen molar-refractivity contribution >= 4 is 0 Å². The fraction of sp³-hybridized carbons (Fsp3) is 1.00. The fourth-order valence-corrected chi connectivity index (χ4v) is 2.80. The van der Waals surface area contributed by atoms with Gasteiger partial charge in [0.05, 0.1) is 0 Å². The molecule has 0 spiro atoms. The predicted octanol–water partition coefficient (Wildman–Crippen LogP) is 2.32. The second-order valence-electron chi connectivity index (χ2n) is 4.16. The molecule has 0 aromatic heterocycles. The molecule has 4 nitrogen and oxygen atoms in total. The monoisotopic (exact) mass is 180 g/mol. The first-order chi connectivity index (χ1) is 6.37. The van der Waals surface area contributed by atoms with Crippen molar-refractivity contribution in [1.82, 2.24) is 4.90 Å². The van der Waals surface area contributed by atoms with Crippen LogP contribution in [0.4, 0.5) is 0 Å². The van der Waals surface area contributed by atoms with Gasteiger partial charge in [-0.05, 0) is 44.3 Å². The van der Waals surface area contributed by atoms with E-state index in [1.807, 2.05) is 0 Å².